The van der Waals surface area contributed by atoms with E-state index in [2.05, 4.69) is 15.7 Å². The summed E-state index contributed by atoms with van der Waals surface area (Å²) in [5.74, 6) is 1.03. The molecule has 4 rings (SSSR count). The van der Waals surface area contributed by atoms with E-state index in [1.807, 2.05) is 37.3 Å². The molecule has 8 nitrogen and oxygen atoms in total. The topological polar surface area (TPSA) is 94.5 Å². The van der Waals surface area contributed by atoms with Gasteiger partial charge in [-0.05, 0) is 19.1 Å². The van der Waals surface area contributed by atoms with Gasteiger partial charge < -0.3 is 20.1 Å². The molecule has 2 heterocycles. The van der Waals surface area contributed by atoms with Gasteiger partial charge in [0.25, 0.3) is 0 Å². The number of hydrogen-bond donors (Lipinski definition) is 2. The van der Waals surface area contributed by atoms with Crippen LogP contribution < -0.4 is 20.1 Å². The van der Waals surface area contributed by atoms with Crippen LogP contribution in [0, 0.1) is 6.92 Å². The normalized spacial score (nSPS) is 15.2. The van der Waals surface area contributed by atoms with Crippen LogP contribution in [0.4, 0.5) is 11.5 Å². The first-order valence-electron chi connectivity index (χ1n) is 9.49. The zero-order valence-electron chi connectivity index (χ0n) is 16.9. The van der Waals surface area contributed by atoms with E-state index >= 15 is 0 Å². The molecule has 1 atom stereocenters. The Balaban J connectivity index is 1.68. The van der Waals surface area contributed by atoms with Crippen LogP contribution in [0.25, 0.3) is 11.3 Å². The molecule has 0 aliphatic carbocycles. The first-order chi connectivity index (χ1) is 14.5. The van der Waals surface area contributed by atoms with Crippen molar-refractivity contribution in [2.24, 2.45) is 0 Å². The number of anilines is 2. The summed E-state index contributed by atoms with van der Waals surface area (Å²) in [7, 11) is 3.07. The largest absolute Gasteiger partial charge is 0.497 e. The second-order valence-electron chi connectivity index (χ2n) is 6.96. The van der Waals surface area contributed by atoms with Crippen molar-refractivity contribution < 1.29 is 19.1 Å². The third-order valence-corrected chi connectivity index (χ3v) is 5.10. The molecule has 0 radical (unpaired) electrons. The molecule has 30 heavy (non-hydrogen) atoms. The van der Waals surface area contributed by atoms with Crippen molar-refractivity contribution >= 4 is 23.3 Å². The van der Waals surface area contributed by atoms with Crippen LogP contribution in [0.5, 0.6) is 11.5 Å². The molecule has 154 valence electrons. The maximum absolute atomic E-state index is 13.1. The number of carbonyl (C=O) groups excluding carboxylic acids is 2. The molecule has 2 N–H and O–H groups in total. The average Bonchev–Trinajstić information content (AvgIpc) is 3.10. The van der Waals surface area contributed by atoms with Crippen LogP contribution in [0.15, 0.2) is 48.5 Å². The number of benzene rings is 2. The van der Waals surface area contributed by atoms with Gasteiger partial charge in [0.2, 0.25) is 11.8 Å². The lowest BCUT2D eigenvalue weighted by molar-refractivity contribution is -0.125. The second kappa shape index (κ2) is 7.90. The SMILES string of the molecule is COc1ccc(NC(=O)[C@@H]2CC(=O)Nc3c(C)c(-c4ccccc4)nn32)c(OC)c1. The van der Waals surface area contributed by atoms with Crippen LogP contribution in [-0.2, 0) is 9.59 Å². The standard InChI is InChI=1S/C22H22N4O4/c1-13-20(14-7-5-4-6-8-14)25-26-17(12-19(27)24-21(13)26)22(28)23-16-10-9-15(29-2)11-18(16)30-3/h4-11,17H,12H2,1-3H3,(H,23,28)(H,24,27)/t17-/m0/s1. The Labute approximate surface area is 173 Å². The summed E-state index contributed by atoms with van der Waals surface area (Å²) >= 11 is 0. The lowest BCUT2D eigenvalue weighted by Gasteiger charge is -2.24. The summed E-state index contributed by atoms with van der Waals surface area (Å²) in [5.41, 5.74) is 2.95. The molecule has 0 spiro atoms. The summed E-state index contributed by atoms with van der Waals surface area (Å²) in [4.78, 5) is 25.4. The van der Waals surface area contributed by atoms with Crippen molar-refractivity contribution in [3.05, 3.63) is 54.1 Å². The highest BCUT2D eigenvalue weighted by Gasteiger charge is 2.34. The number of rotatable bonds is 5. The Hall–Kier alpha value is -3.81. The molecule has 1 aliphatic heterocycles. The van der Waals surface area contributed by atoms with Crippen molar-refractivity contribution in [2.75, 3.05) is 24.9 Å². The average molecular weight is 406 g/mol. The maximum Gasteiger partial charge on any atom is 0.249 e. The summed E-state index contributed by atoms with van der Waals surface area (Å²) in [6, 6.07) is 14.0. The lowest BCUT2D eigenvalue weighted by atomic mass is 10.1. The van der Waals surface area contributed by atoms with E-state index in [0.29, 0.717) is 23.0 Å². The van der Waals surface area contributed by atoms with Gasteiger partial charge in [0.05, 0.1) is 32.0 Å². The van der Waals surface area contributed by atoms with Gasteiger partial charge in [-0.1, -0.05) is 30.3 Å². The molecule has 2 aromatic carbocycles. The second-order valence-corrected chi connectivity index (χ2v) is 6.96. The Kier molecular flexibility index (Phi) is 5.14. The van der Waals surface area contributed by atoms with Crippen molar-refractivity contribution in [1.29, 1.82) is 0 Å². The third kappa shape index (κ3) is 3.47. The number of nitrogens with one attached hydrogen (secondary N) is 2. The molecule has 1 aromatic heterocycles. The predicted octanol–water partition coefficient (Wildman–Crippen LogP) is 3.40. The first kappa shape index (κ1) is 19.5. The number of aromatic nitrogens is 2. The summed E-state index contributed by atoms with van der Waals surface area (Å²) in [5, 5.41) is 10.4. The van der Waals surface area contributed by atoms with Crippen molar-refractivity contribution in [3.63, 3.8) is 0 Å². The highest BCUT2D eigenvalue weighted by molar-refractivity contribution is 6.02. The van der Waals surface area contributed by atoms with E-state index in [9.17, 15) is 9.59 Å². The Morgan fingerprint density at radius 2 is 1.93 bits per heavy atom. The van der Waals surface area contributed by atoms with Gasteiger partial charge in [-0.15, -0.1) is 0 Å². The molecule has 0 saturated heterocycles. The number of fused-ring (bicyclic) bond motifs is 1. The molecule has 0 bridgehead atoms. The Bertz CT molecular complexity index is 1110. The molecule has 3 aromatic rings. The minimum Gasteiger partial charge on any atom is -0.497 e. The van der Waals surface area contributed by atoms with E-state index in [0.717, 1.165) is 16.8 Å². The van der Waals surface area contributed by atoms with E-state index in [1.165, 1.54) is 7.11 Å². The highest BCUT2D eigenvalue weighted by atomic mass is 16.5. The van der Waals surface area contributed by atoms with E-state index in [4.69, 9.17) is 9.47 Å². The first-order valence-corrected chi connectivity index (χ1v) is 9.49. The quantitative estimate of drug-likeness (QED) is 0.677. The zero-order chi connectivity index (χ0) is 21.3. The molecule has 8 heteroatoms. The maximum atomic E-state index is 13.1. The number of ether oxygens (including phenoxy) is 2. The van der Waals surface area contributed by atoms with Crippen molar-refractivity contribution in [2.45, 2.75) is 19.4 Å². The molecule has 0 fully saturated rings. The summed E-state index contributed by atoms with van der Waals surface area (Å²) in [6.45, 7) is 1.88. The van der Waals surface area contributed by atoms with Gasteiger partial charge in [-0.2, -0.15) is 5.10 Å². The van der Waals surface area contributed by atoms with Gasteiger partial charge in [0.1, 0.15) is 23.4 Å². The Morgan fingerprint density at radius 3 is 2.63 bits per heavy atom. The minimum atomic E-state index is -0.781. The van der Waals surface area contributed by atoms with E-state index in [1.54, 1.807) is 30.0 Å². The minimum absolute atomic E-state index is 0.00729. The number of carbonyl (C=O) groups is 2. The zero-order valence-corrected chi connectivity index (χ0v) is 16.9. The fourth-order valence-corrected chi connectivity index (χ4v) is 3.53. The van der Waals surface area contributed by atoms with Gasteiger partial charge in [-0.3, -0.25) is 9.59 Å². The monoisotopic (exact) mass is 406 g/mol. The van der Waals surface area contributed by atoms with Gasteiger partial charge >= 0.3 is 0 Å². The fraction of sp³-hybridized carbons (Fsp3) is 0.227. The van der Waals surface area contributed by atoms with Gasteiger partial charge in [0.15, 0.2) is 0 Å². The molecule has 1 aliphatic rings. The summed E-state index contributed by atoms with van der Waals surface area (Å²) < 4.78 is 12.1. The molecule has 2 amide bonds. The van der Waals surface area contributed by atoms with Crippen LogP contribution in [0.1, 0.15) is 18.0 Å². The Morgan fingerprint density at radius 1 is 1.17 bits per heavy atom. The van der Waals surface area contributed by atoms with Crippen molar-refractivity contribution in [3.8, 4) is 22.8 Å². The number of amides is 2. The number of methoxy groups -OCH3 is 2. The van der Waals surface area contributed by atoms with Gasteiger partial charge in [0, 0.05) is 17.2 Å². The number of nitrogens with zero attached hydrogens (tertiary/aromatic N) is 2. The fourth-order valence-electron chi connectivity index (χ4n) is 3.53. The molecular formula is C22H22N4O4. The van der Waals surface area contributed by atoms with Crippen LogP contribution in [0.3, 0.4) is 0 Å². The highest BCUT2D eigenvalue weighted by Crippen LogP contribution is 2.35. The molecular weight excluding hydrogens is 384 g/mol. The predicted molar refractivity (Wildman–Crippen MR) is 113 cm³/mol. The molecule has 0 unspecified atom stereocenters. The lowest BCUT2D eigenvalue weighted by Crippen LogP contribution is -2.36. The number of hydrogen-bond acceptors (Lipinski definition) is 5. The van der Waals surface area contributed by atoms with Crippen LogP contribution in [-0.4, -0.2) is 35.8 Å². The van der Waals surface area contributed by atoms with Gasteiger partial charge in [-0.25, -0.2) is 4.68 Å². The summed E-state index contributed by atoms with van der Waals surface area (Å²) in [6.07, 6.45) is -0.00729. The van der Waals surface area contributed by atoms with Crippen LogP contribution in [0.2, 0.25) is 0 Å². The van der Waals surface area contributed by atoms with E-state index < -0.39 is 6.04 Å². The molecule has 0 saturated carbocycles. The smallest absolute Gasteiger partial charge is 0.249 e. The van der Waals surface area contributed by atoms with Crippen LogP contribution >= 0.6 is 0 Å². The van der Waals surface area contributed by atoms with E-state index in [-0.39, 0.29) is 18.2 Å². The van der Waals surface area contributed by atoms with Crippen molar-refractivity contribution in [1.82, 2.24) is 9.78 Å². The third-order valence-electron chi connectivity index (χ3n) is 5.10.